The molecule has 3 aliphatic carbocycles. The van der Waals surface area contributed by atoms with Crippen LogP contribution >= 0.6 is 0 Å². The van der Waals surface area contributed by atoms with E-state index in [0.717, 1.165) is 56.0 Å². The molecule has 0 saturated heterocycles. The Morgan fingerprint density at radius 3 is 1.74 bits per heavy atom. The first-order valence-corrected chi connectivity index (χ1v) is 18.2. The molecule has 10 heteroatoms. The summed E-state index contributed by atoms with van der Waals surface area (Å²) in [6.07, 6.45) is 1.82. The number of fused-ring (bicyclic) bond motifs is 5. The van der Waals surface area contributed by atoms with E-state index >= 15 is 0 Å². The summed E-state index contributed by atoms with van der Waals surface area (Å²) in [5, 5.41) is 22.0. The predicted molar refractivity (Wildman–Crippen MR) is 202 cm³/mol. The summed E-state index contributed by atoms with van der Waals surface area (Å²) < 4.78 is 17.3. The zero-order valence-corrected chi connectivity index (χ0v) is 30.7. The Balaban J connectivity index is 0.000000225. The molecule has 53 heavy (non-hydrogen) atoms. The Hall–Kier alpha value is -5.35. The smallest absolute Gasteiger partial charge is 0.408 e. The number of aliphatic carboxylic acids is 2. The molecule has 278 valence electrons. The molecule has 10 nitrogen and oxygen atoms in total. The highest BCUT2D eigenvalue weighted by molar-refractivity contribution is 5.86. The number of nitrogens with one attached hydrogen (secondary N) is 1. The van der Waals surface area contributed by atoms with E-state index in [9.17, 15) is 24.6 Å². The Labute approximate surface area is 310 Å². The molecule has 2 atom stereocenters. The normalized spacial score (nSPS) is 19.8. The van der Waals surface area contributed by atoms with Crippen LogP contribution in [0, 0.1) is 0 Å². The van der Waals surface area contributed by atoms with Crippen LogP contribution in [0.5, 0.6) is 11.5 Å². The molecule has 0 aromatic heterocycles. The van der Waals surface area contributed by atoms with Crippen LogP contribution in [0.1, 0.15) is 79.8 Å². The molecular weight excluding hydrogens is 672 g/mol. The van der Waals surface area contributed by atoms with Gasteiger partial charge in [-0.15, -0.1) is 0 Å². The van der Waals surface area contributed by atoms with E-state index in [1.807, 2.05) is 88.4 Å². The fourth-order valence-electron chi connectivity index (χ4n) is 7.73. The first-order valence-electron chi connectivity index (χ1n) is 18.2. The van der Waals surface area contributed by atoms with Gasteiger partial charge < -0.3 is 35.5 Å². The lowest BCUT2D eigenvalue weighted by atomic mass is 9.77. The Morgan fingerprint density at radius 2 is 1.23 bits per heavy atom. The number of nitrogens with two attached hydrogens (primary N) is 1. The van der Waals surface area contributed by atoms with E-state index in [0.29, 0.717) is 25.7 Å². The lowest BCUT2D eigenvalue weighted by Gasteiger charge is -2.35. The topological polar surface area (TPSA) is 157 Å². The van der Waals surface area contributed by atoms with Crippen molar-refractivity contribution in [3.05, 3.63) is 118 Å². The van der Waals surface area contributed by atoms with Gasteiger partial charge in [0.15, 0.2) is 0 Å². The van der Waals surface area contributed by atoms with Crippen molar-refractivity contribution < 1.29 is 38.8 Å². The van der Waals surface area contributed by atoms with E-state index in [-0.39, 0.29) is 37.6 Å². The van der Waals surface area contributed by atoms with Crippen LogP contribution in [-0.2, 0) is 40.0 Å². The molecule has 7 rings (SSSR count). The fraction of sp³-hybridized carbons (Fsp3) is 0.372. The number of hydrogen-bond donors (Lipinski definition) is 4. The number of carboxylic acids is 2. The monoisotopic (exact) mass is 720 g/mol. The van der Waals surface area contributed by atoms with Gasteiger partial charge in [0.2, 0.25) is 0 Å². The largest absolute Gasteiger partial charge is 0.491 e. The number of carbonyl (C=O) groups excluding carboxylic acids is 1. The van der Waals surface area contributed by atoms with Crippen LogP contribution in [-0.4, -0.2) is 58.1 Å². The number of rotatable bonds is 9. The maximum atomic E-state index is 12.9. The van der Waals surface area contributed by atoms with E-state index in [1.165, 1.54) is 0 Å². The number of carboxylic acid groups (broad SMARTS) is 2. The standard InChI is InChI=1S/C29H29NO5.C14H19NO3/c1-18(2)35-26-13-7-8-19-16-29(27(31)32,15-14-20(19)26)30-28(33)34-17-25-23-11-5-3-9-21(23)22-10-4-6-12-24(22)25;1-9(2)18-12-5-3-4-10-8-14(15,13(16)17)7-6-11(10)12/h3-13,18,25H,14-17H2,1-2H3,(H,30,33)(H,31,32);3-5,9H,6-8,15H2,1-2H3,(H,16,17). The lowest BCUT2D eigenvalue weighted by molar-refractivity contribution is -0.145. The Kier molecular flexibility index (Phi) is 10.8. The lowest BCUT2D eigenvalue weighted by Crippen LogP contribution is -2.58. The van der Waals surface area contributed by atoms with Gasteiger partial charge in [0, 0.05) is 18.8 Å². The van der Waals surface area contributed by atoms with Crippen LogP contribution in [0.4, 0.5) is 4.79 Å². The van der Waals surface area contributed by atoms with Crippen molar-refractivity contribution in [3.8, 4) is 22.6 Å². The van der Waals surface area contributed by atoms with Gasteiger partial charge in [-0.25, -0.2) is 9.59 Å². The average molecular weight is 721 g/mol. The molecule has 1 amide bonds. The van der Waals surface area contributed by atoms with E-state index in [4.69, 9.17) is 19.9 Å². The number of ether oxygens (including phenoxy) is 3. The Bertz CT molecular complexity index is 1960. The van der Waals surface area contributed by atoms with Gasteiger partial charge in [0.1, 0.15) is 29.2 Å². The summed E-state index contributed by atoms with van der Waals surface area (Å²) in [6.45, 7) is 8.02. The van der Waals surface area contributed by atoms with Crippen molar-refractivity contribution in [1.82, 2.24) is 5.32 Å². The molecule has 3 aliphatic rings. The van der Waals surface area contributed by atoms with Gasteiger partial charge in [0.25, 0.3) is 0 Å². The highest BCUT2D eigenvalue weighted by atomic mass is 16.5. The summed E-state index contributed by atoms with van der Waals surface area (Å²) in [7, 11) is 0. The highest BCUT2D eigenvalue weighted by Crippen LogP contribution is 2.44. The molecule has 4 aromatic rings. The first kappa shape index (κ1) is 37.4. The summed E-state index contributed by atoms with van der Waals surface area (Å²) in [5.41, 5.74) is 11.8. The third-order valence-electron chi connectivity index (χ3n) is 10.3. The van der Waals surface area contributed by atoms with Crippen LogP contribution in [0.25, 0.3) is 11.1 Å². The summed E-state index contributed by atoms with van der Waals surface area (Å²) in [5.74, 6) is -0.445. The summed E-state index contributed by atoms with van der Waals surface area (Å²) in [6, 6.07) is 27.6. The number of alkyl carbamates (subject to hydrolysis) is 1. The van der Waals surface area contributed by atoms with Crippen molar-refractivity contribution in [3.63, 3.8) is 0 Å². The molecule has 0 bridgehead atoms. The maximum absolute atomic E-state index is 12.9. The van der Waals surface area contributed by atoms with Crippen molar-refractivity contribution in [2.24, 2.45) is 5.73 Å². The van der Waals surface area contributed by atoms with Gasteiger partial charge in [-0.05, 0) is 110 Å². The molecular formula is C43H48N2O8. The minimum atomic E-state index is -1.42. The second-order valence-electron chi connectivity index (χ2n) is 14.8. The van der Waals surface area contributed by atoms with Gasteiger partial charge in [-0.3, -0.25) is 4.79 Å². The number of benzene rings is 4. The summed E-state index contributed by atoms with van der Waals surface area (Å²) >= 11 is 0. The van der Waals surface area contributed by atoms with Crippen LogP contribution < -0.4 is 20.5 Å². The third-order valence-corrected chi connectivity index (χ3v) is 10.3. The Morgan fingerprint density at radius 1 is 0.717 bits per heavy atom. The number of amides is 1. The fourth-order valence-corrected chi connectivity index (χ4v) is 7.73. The highest BCUT2D eigenvalue weighted by Gasteiger charge is 2.44. The van der Waals surface area contributed by atoms with Crippen molar-refractivity contribution >= 4 is 18.0 Å². The molecule has 0 fully saturated rings. The van der Waals surface area contributed by atoms with Crippen molar-refractivity contribution in [2.45, 2.75) is 95.4 Å². The number of carbonyl (C=O) groups is 3. The quantitative estimate of drug-likeness (QED) is 0.142. The molecule has 0 saturated carbocycles. The van der Waals surface area contributed by atoms with E-state index in [2.05, 4.69) is 29.6 Å². The van der Waals surface area contributed by atoms with Crippen LogP contribution in [0.2, 0.25) is 0 Å². The second-order valence-corrected chi connectivity index (χ2v) is 14.8. The molecule has 2 unspecified atom stereocenters. The van der Waals surface area contributed by atoms with Gasteiger partial charge in [-0.1, -0.05) is 72.8 Å². The maximum Gasteiger partial charge on any atom is 0.408 e. The van der Waals surface area contributed by atoms with Gasteiger partial charge >= 0.3 is 18.0 Å². The predicted octanol–water partition coefficient (Wildman–Crippen LogP) is 7.07. The molecule has 0 spiro atoms. The van der Waals surface area contributed by atoms with Gasteiger partial charge in [-0.2, -0.15) is 0 Å². The first-order chi connectivity index (χ1) is 25.3. The molecule has 0 heterocycles. The van der Waals surface area contributed by atoms with E-state index < -0.39 is 29.1 Å². The molecule has 0 radical (unpaired) electrons. The number of hydrogen-bond acceptors (Lipinski definition) is 7. The van der Waals surface area contributed by atoms with E-state index in [1.54, 1.807) is 0 Å². The SMILES string of the molecule is CC(C)Oc1cccc2c1CCC(N)(C(=O)O)C2.CC(C)Oc1cccc2c1CCC(NC(=O)OCC1c3ccccc3-c3ccccc31)(C(=O)O)C2. The zero-order valence-electron chi connectivity index (χ0n) is 30.7. The van der Waals surface area contributed by atoms with Crippen LogP contribution in [0.3, 0.4) is 0 Å². The summed E-state index contributed by atoms with van der Waals surface area (Å²) in [4.78, 5) is 36.5. The minimum absolute atomic E-state index is 0.0200. The van der Waals surface area contributed by atoms with Crippen molar-refractivity contribution in [2.75, 3.05) is 6.61 Å². The van der Waals surface area contributed by atoms with Crippen LogP contribution in [0.15, 0.2) is 84.9 Å². The van der Waals surface area contributed by atoms with Crippen molar-refractivity contribution in [1.29, 1.82) is 0 Å². The molecule has 0 aliphatic heterocycles. The molecule has 5 N–H and O–H groups in total. The zero-order chi connectivity index (χ0) is 37.9. The minimum Gasteiger partial charge on any atom is -0.491 e. The third kappa shape index (κ3) is 7.88. The van der Waals surface area contributed by atoms with Gasteiger partial charge in [0.05, 0.1) is 12.2 Å². The average Bonchev–Trinajstić information content (AvgIpc) is 3.44. The molecule has 4 aromatic carbocycles. The second kappa shape index (κ2) is 15.3.